The minimum atomic E-state index is -0.555. The Kier molecular flexibility index (Phi) is 6.81. The fourth-order valence-electron chi connectivity index (χ4n) is 2.03. The van der Waals surface area contributed by atoms with Crippen molar-refractivity contribution in [3.05, 3.63) is 0 Å². The Balaban J connectivity index is 2.04. The Morgan fingerprint density at radius 3 is 2.33 bits per heavy atom. The smallest absolute Gasteiger partial charge is 0.330 e. The number of unbranched alkanes of at least 4 members (excludes halogenated alkanes) is 1. The molecular weight excluding hydrogens is 272 g/mol. The molecule has 21 heavy (non-hydrogen) atoms. The second kappa shape index (κ2) is 8.12. The monoisotopic (exact) mass is 298 g/mol. The minimum Gasteiger partial charge on any atom is -0.330 e. The molecule has 0 aromatic carbocycles. The maximum atomic E-state index is 11.5. The summed E-state index contributed by atoms with van der Waals surface area (Å²) in [6.45, 7) is 8.00. The van der Waals surface area contributed by atoms with E-state index in [-0.39, 0.29) is 19.3 Å². The lowest BCUT2D eigenvalue weighted by Gasteiger charge is -2.17. The average molecular weight is 298 g/mol. The molecule has 1 rings (SSSR count). The molecule has 0 aliphatic carbocycles. The highest BCUT2D eigenvalue weighted by Crippen LogP contribution is 2.21. The molecule has 6 heteroatoms. The molecule has 2 amide bonds. The van der Waals surface area contributed by atoms with Gasteiger partial charge in [-0.15, -0.1) is 5.06 Å². The molecule has 1 aliphatic heterocycles. The number of carbonyl (C=O) groups excluding carboxylic acids is 3. The standard InChI is InChI=1S/C15H26N2O4/c1-15(2,3)9-4-5-10-16-11-8-14(20)21-17-12(18)6-7-13(17)19/h16H,4-11H2,1-3H3. The predicted octanol–water partition coefficient (Wildman–Crippen LogP) is 1.79. The van der Waals surface area contributed by atoms with Crippen molar-refractivity contribution in [1.29, 1.82) is 0 Å². The highest BCUT2D eigenvalue weighted by atomic mass is 16.7. The Hall–Kier alpha value is -1.43. The van der Waals surface area contributed by atoms with Gasteiger partial charge in [-0.25, -0.2) is 4.79 Å². The number of rotatable bonds is 8. The number of hydrogen-bond donors (Lipinski definition) is 1. The van der Waals surface area contributed by atoms with E-state index >= 15 is 0 Å². The number of amides is 2. The van der Waals surface area contributed by atoms with Gasteiger partial charge in [-0.3, -0.25) is 9.59 Å². The molecule has 0 radical (unpaired) electrons. The highest BCUT2D eigenvalue weighted by molar-refractivity contribution is 6.01. The molecule has 0 saturated carbocycles. The van der Waals surface area contributed by atoms with Gasteiger partial charge >= 0.3 is 5.97 Å². The fourth-order valence-corrected chi connectivity index (χ4v) is 2.03. The third-order valence-corrected chi connectivity index (χ3v) is 3.24. The van der Waals surface area contributed by atoms with Crippen molar-refractivity contribution in [2.75, 3.05) is 13.1 Å². The summed E-state index contributed by atoms with van der Waals surface area (Å²) in [4.78, 5) is 38.8. The first-order valence-corrected chi connectivity index (χ1v) is 7.57. The zero-order chi connectivity index (χ0) is 15.9. The van der Waals surface area contributed by atoms with Crippen LogP contribution in [-0.2, 0) is 19.2 Å². The molecule has 6 nitrogen and oxygen atoms in total. The average Bonchev–Trinajstić information content (AvgIpc) is 2.68. The molecule has 1 aliphatic rings. The van der Waals surface area contributed by atoms with Crippen LogP contribution < -0.4 is 5.32 Å². The first-order chi connectivity index (χ1) is 9.79. The number of imide groups is 1. The van der Waals surface area contributed by atoms with Crippen molar-refractivity contribution in [3.8, 4) is 0 Å². The molecule has 0 spiro atoms. The Labute approximate surface area is 126 Å². The van der Waals surface area contributed by atoms with Crippen LogP contribution in [0.2, 0.25) is 0 Å². The van der Waals surface area contributed by atoms with E-state index in [1.807, 2.05) is 0 Å². The summed E-state index contributed by atoms with van der Waals surface area (Å²) in [5.74, 6) is -1.44. The topological polar surface area (TPSA) is 75.7 Å². The molecule has 1 saturated heterocycles. The second-order valence-corrected chi connectivity index (χ2v) is 6.56. The van der Waals surface area contributed by atoms with Crippen LogP contribution in [0.15, 0.2) is 0 Å². The number of hydrogen-bond acceptors (Lipinski definition) is 5. The van der Waals surface area contributed by atoms with Gasteiger partial charge < -0.3 is 10.2 Å². The third-order valence-electron chi connectivity index (χ3n) is 3.24. The van der Waals surface area contributed by atoms with E-state index in [0.29, 0.717) is 17.0 Å². The summed E-state index contributed by atoms with van der Waals surface area (Å²) in [6.07, 6.45) is 3.79. The molecule has 0 aromatic rings. The first-order valence-electron chi connectivity index (χ1n) is 7.57. The molecule has 1 fully saturated rings. The van der Waals surface area contributed by atoms with Gasteiger partial charge in [0.05, 0.1) is 6.42 Å². The van der Waals surface area contributed by atoms with Gasteiger partial charge in [-0.1, -0.05) is 27.2 Å². The van der Waals surface area contributed by atoms with E-state index in [4.69, 9.17) is 4.84 Å². The van der Waals surface area contributed by atoms with Crippen LogP contribution >= 0.6 is 0 Å². The van der Waals surface area contributed by atoms with Crippen molar-refractivity contribution < 1.29 is 19.2 Å². The summed E-state index contributed by atoms with van der Waals surface area (Å²) < 4.78 is 0. The van der Waals surface area contributed by atoms with E-state index in [9.17, 15) is 14.4 Å². The minimum absolute atomic E-state index is 0.123. The lowest BCUT2D eigenvalue weighted by Crippen LogP contribution is -2.33. The van der Waals surface area contributed by atoms with Gasteiger partial charge in [0.25, 0.3) is 11.8 Å². The Morgan fingerprint density at radius 2 is 1.76 bits per heavy atom. The summed E-state index contributed by atoms with van der Waals surface area (Å²) in [6, 6.07) is 0. The zero-order valence-corrected chi connectivity index (χ0v) is 13.2. The van der Waals surface area contributed by atoms with E-state index in [2.05, 4.69) is 26.1 Å². The first kappa shape index (κ1) is 17.6. The van der Waals surface area contributed by atoms with Gasteiger partial charge in [0, 0.05) is 19.4 Å². The number of carbonyl (C=O) groups is 3. The third kappa shape index (κ3) is 7.22. The van der Waals surface area contributed by atoms with Crippen LogP contribution in [0, 0.1) is 5.41 Å². The quantitative estimate of drug-likeness (QED) is 0.546. The Morgan fingerprint density at radius 1 is 1.14 bits per heavy atom. The second-order valence-electron chi connectivity index (χ2n) is 6.56. The van der Waals surface area contributed by atoms with E-state index in [1.54, 1.807) is 0 Å². The predicted molar refractivity (Wildman–Crippen MR) is 78.0 cm³/mol. The van der Waals surface area contributed by atoms with Crippen molar-refractivity contribution in [3.63, 3.8) is 0 Å². The van der Waals surface area contributed by atoms with Crippen LogP contribution in [0.3, 0.4) is 0 Å². The molecule has 0 bridgehead atoms. The molecule has 1 N–H and O–H groups in total. The summed E-state index contributed by atoms with van der Waals surface area (Å²) in [7, 11) is 0. The lowest BCUT2D eigenvalue weighted by molar-refractivity contribution is -0.197. The summed E-state index contributed by atoms with van der Waals surface area (Å²) in [5, 5.41) is 3.75. The van der Waals surface area contributed by atoms with Crippen LogP contribution in [0.4, 0.5) is 0 Å². The van der Waals surface area contributed by atoms with Crippen molar-refractivity contribution in [2.45, 2.75) is 59.3 Å². The molecule has 0 aromatic heterocycles. The van der Waals surface area contributed by atoms with Crippen molar-refractivity contribution >= 4 is 17.8 Å². The maximum absolute atomic E-state index is 11.5. The number of nitrogens with one attached hydrogen (secondary N) is 1. The van der Waals surface area contributed by atoms with E-state index in [1.165, 1.54) is 6.42 Å². The van der Waals surface area contributed by atoms with E-state index in [0.717, 1.165) is 19.4 Å². The molecule has 1 heterocycles. The SMILES string of the molecule is CC(C)(C)CCCCNCCC(=O)ON1C(=O)CCC1=O. The molecular formula is C15H26N2O4. The lowest BCUT2D eigenvalue weighted by atomic mass is 9.90. The zero-order valence-electron chi connectivity index (χ0n) is 13.2. The van der Waals surface area contributed by atoms with Gasteiger partial charge in [0.1, 0.15) is 0 Å². The summed E-state index contributed by atoms with van der Waals surface area (Å²) >= 11 is 0. The van der Waals surface area contributed by atoms with Crippen molar-refractivity contribution in [1.82, 2.24) is 10.4 Å². The molecule has 0 atom stereocenters. The van der Waals surface area contributed by atoms with Gasteiger partial charge in [-0.2, -0.15) is 0 Å². The molecule has 120 valence electrons. The largest absolute Gasteiger partial charge is 0.334 e. The van der Waals surface area contributed by atoms with Crippen LogP contribution in [-0.4, -0.2) is 35.9 Å². The number of nitrogens with zero attached hydrogens (tertiary/aromatic N) is 1. The fraction of sp³-hybridized carbons (Fsp3) is 0.800. The van der Waals surface area contributed by atoms with E-state index < -0.39 is 17.8 Å². The summed E-state index contributed by atoms with van der Waals surface area (Å²) in [5.41, 5.74) is 0.360. The number of hydroxylamine groups is 2. The molecule has 0 unspecified atom stereocenters. The van der Waals surface area contributed by atoms with Crippen LogP contribution in [0.1, 0.15) is 59.3 Å². The van der Waals surface area contributed by atoms with Gasteiger partial charge in [0.2, 0.25) is 0 Å². The van der Waals surface area contributed by atoms with Gasteiger partial charge in [-0.05, 0) is 24.8 Å². The highest BCUT2D eigenvalue weighted by Gasteiger charge is 2.32. The maximum Gasteiger partial charge on any atom is 0.334 e. The van der Waals surface area contributed by atoms with Gasteiger partial charge in [0.15, 0.2) is 0 Å². The Bertz CT molecular complexity index is 372. The van der Waals surface area contributed by atoms with Crippen molar-refractivity contribution in [2.24, 2.45) is 5.41 Å². The van der Waals surface area contributed by atoms with Crippen LogP contribution in [0.5, 0.6) is 0 Å². The normalized spacial score (nSPS) is 15.7. The van der Waals surface area contributed by atoms with Crippen LogP contribution in [0.25, 0.3) is 0 Å².